The summed E-state index contributed by atoms with van der Waals surface area (Å²) >= 11 is 0. The van der Waals surface area contributed by atoms with Gasteiger partial charge in [-0.3, -0.25) is 0 Å². The third-order valence-electron chi connectivity index (χ3n) is 4.16. The van der Waals surface area contributed by atoms with Crippen molar-refractivity contribution in [1.82, 2.24) is 4.72 Å². The first-order valence-electron chi connectivity index (χ1n) is 9.37. The van der Waals surface area contributed by atoms with Crippen molar-refractivity contribution in [3.8, 4) is 0 Å². The molecule has 1 atom stereocenters. The van der Waals surface area contributed by atoms with E-state index in [9.17, 15) is 4.21 Å². The highest BCUT2D eigenvalue weighted by molar-refractivity contribution is 7.82. The van der Waals surface area contributed by atoms with Crippen molar-refractivity contribution in [3.05, 3.63) is 0 Å². The molecule has 0 aromatic heterocycles. The van der Waals surface area contributed by atoms with Gasteiger partial charge in [-0.1, -0.05) is 96.8 Å². The Labute approximate surface area is 136 Å². The van der Waals surface area contributed by atoms with E-state index in [0.29, 0.717) is 0 Å². The molecule has 0 spiro atoms. The van der Waals surface area contributed by atoms with Crippen molar-refractivity contribution in [1.29, 1.82) is 0 Å². The predicted octanol–water partition coefficient (Wildman–Crippen LogP) is 5.74. The van der Waals surface area contributed by atoms with Gasteiger partial charge >= 0.3 is 0 Å². The summed E-state index contributed by atoms with van der Waals surface area (Å²) in [6.07, 6.45) is 20.7. The molecule has 0 rings (SSSR count). The quantitative estimate of drug-likeness (QED) is 0.340. The van der Waals surface area contributed by atoms with Gasteiger partial charge in [0.25, 0.3) is 0 Å². The monoisotopic (exact) mass is 317 g/mol. The van der Waals surface area contributed by atoms with Crippen LogP contribution in [0, 0.1) is 0 Å². The predicted molar refractivity (Wildman–Crippen MR) is 97.0 cm³/mol. The molecule has 1 unspecified atom stereocenters. The lowest BCUT2D eigenvalue weighted by atomic mass is 10.0. The van der Waals surface area contributed by atoms with Crippen LogP contribution in [-0.4, -0.2) is 17.0 Å². The number of unbranched alkanes of at least 4 members (excludes halogenated alkanes) is 14. The summed E-state index contributed by atoms with van der Waals surface area (Å²) in [5.41, 5.74) is 0. The van der Waals surface area contributed by atoms with Crippen LogP contribution < -0.4 is 4.72 Å². The molecule has 128 valence electrons. The van der Waals surface area contributed by atoms with Gasteiger partial charge in [0.1, 0.15) is 0 Å². The molecule has 21 heavy (non-hydrogen) atoms. The van der Waals surface area contributed by atoms with Crippen LogP contribution in [0.1, 0.15) is 103 Å². The number of nitrogens with one attached hydrogen (secondary N) is 1. The van der Waals surface area contributed by atoms with Crippen molar-refractivity contribution < 1.29 is 4.21 Å². The van der Waals surface area contributed by atoms with Crippen LogP contribution in [0.4, 0.5) is 0 Å². The highest BCUT2D eigenvalue weighted by atomic mass is 32.2. The lowest BCUT2D eigenvalue weighted by Crippen LogP contribution is -2.13. The molecule has 0 saturated heterocycles. The summed E-state index contributed by atoms with van der Waals surface area (Å²) in [5.74, 6) is 0.814. The molecular weight excluding hydrogens is 278 g/mol. The van der Waals surface area contributed by atoms with E-state index in [1.165, 1.54) is 89.9 Å². The Hall–Kier alpha value is 0.110. The standard InChI is InChI=1S/C18H39NOS/c1-3-4-5-6-7-8-9-10-11-12-13-14-15-16-17-18-21(20)19-2/h19H,3-18H2,1-2H3. The third-order valence-corrected chi connectivity index (χ3v) is 5.28. The van der Waals surface area contributed by atoms with Crippen LogP contribution in [0.15, 0.2) is 0 Å². The maximum Gasteiger partial charge on any atom is 0.0912 e. The van der Waals surface area contributed by atoms with Gasteiger partial charge in [0, 0.05) is 5.75 Å². The minimum atomic E-state index is -0.794. The molecule has 3 heteroatoms. The zero-order chi connectivity index (χ0) is 15.6. The lowest BCUT2D eigenvalue weighted by molar-refractivity contribution is 0.534. The maximum absolute atomic E-state index is 11.1. The SMILES string of the molecule is CCCCCCCCCCCCCCCCCS(=O)NC. The van der Waals surface area contributed by atoms with Gasteiger partial charge in [0.2, 0.25) is 0 Å². The summed E-state index contributed by atoms with van der Waals surface area (Å²) < 4.78 is 13.9. The number of hydrogen-bond acceptors (Lipinski definition) is 1. The van der Waals surface area contributed by atoms with Crippen molar-refractivity contribution in [2.24, 2.45) is 0 Å². The largest absolute Gasteiger partial charge is 0.243 e. The zero-order valence-corrected chi connectivity index (χ0v) is 15.4. The Morgan fingerprint density at radius 3 is 1.29 bits per heavy atom. The molecule has 0 radical (unpaired) electrons. The molecule has 0 saturated carbocycles. The zero-order valence-electron chi connectivity index (χ0n) is 14.6. The maximum atomic E-state index is 11.1. The Morgan fingerprint density at radius 2 is 0.952 bits per heavy atom. The van der Waals surface area contributed by atoms with Crippen molar-refractivity contribution in [2.45, 2.75) is 103 Å². The molecule has 2 nitrogen and oxygen atoms in total. The van der Waals surface area contributed by atoms with Crippen molar-refractivity contribution in [3.63, 3.8) is 0 Å². The van der Waals surface area contributed by atoms with E-state index in [-0.39, 0.29) is 0 Å². The molecule has 0 heterocycles. The summed E-state index contributed by atoms with van der Waals surface area (Å²) in [5, 5.41) is 0. The van der Waals surface area contributed by atoms with Gasteiger partial charge in [-0.05, 0) is 13.5 Å². The van der Waals surface area contributed by atoms with Gasteiger partial charge in [-0.2, -0.15) is 0 Å². The van der Waals surface area contributed by atoms with E-state index in [2.05, 4.69) is 11.6 Å². The minimum absolute atomic E-state index is 0.794. The Kier molecular flexibility index (Phi) is 18.3. The number of rotatable bonds is 17. The van der Waals surface area contributed by atoms with E-state index < -0.39 is 11.0 Å². The Bertz CT molecular complexity index is 221. The first-order valence-corrected chi connectivity index (χ1v) is 10.7. The van der Waals surface area contributed by atoms with Gasteiger partial charge in [0.15, 0.2) is 0 Å². The van der Waals surface area contributed by atoms with Crippen molar-refractivity contribution in [2.75, 3.05) is 12.8 Å². The number of hydrogen-bond donors (Lipinski definition) is 1. The normalized spacial score (nSPS) is 12.7. The Morgan fingerprint density at radius 1 is 0.619 bits per heavy atom. The lowest BCUT2D eigenvalue weighted by Gasteiger charge is -2.03. The fourth-order valence-electron chi connectivity index (χ4n) is 2.71. The third kappa shape index (κ3) is 18.1. The van der Waals surface area contributed by atoms with Crippen LogP contribution >= 0.6 is 0 Å². The minimum Gasteiger partial charge on any atom is -0.243 e. The Balaban J connectivity index is 2.98. The first-order chi connectivity index (χ1) is 10.3. The molecule has 0 aliphatic heterocycles. The van der Waals surface area contributed by atoms with E-state index in [4.69, 9.17) is 0 Å². The van der Waals surface area contributed by atoms with Gasteiger partial charge in [0.05, 0.1) is 11.0 Å². The fraction of sp³-hybridized carbons (Fsp3) is 1.00. The molecular formula is C18H39NOS. The van der Waals surface area contributed by atoms with Gasteiger partial charge < -0.3 is 0 Å². The second kappa shape index (κ2) is 18.2. The molecule has 0 aromatic rings. The van der Waals surface area contributed by atoms with Gasteiger partial charge in [-0.25, -0.2) is 8.93 Å². The summed E-state index contributed by atoms with van der Waals surface area (Å²) in [4.78, 5) is 0. The highest BCUT2D eigenvalue weighted by Gasteiger charge is 1.96. The van der Waals surface area contributed by atoms with Crippen LogP contribution in [0.25, 0.3) is 0 Å². The molecule has 0 bridgehead atoms. The molecule has 0 aliphatic carbocycles. The first kappa shape index (κ1) is 21.1. The summed E-state index contributed by atoms with van der Waals surface area (Å²) in [7, 11) is 0.971. The van der Waals surface area contributed by atoms with Crippen LogP contribution in [0.3, 0.4) is 0 Å². The molecule has 0 aliphatic rings. The second-order valence-corrected chi connectivity index (χ2v) is 7.71. The van der Waals surface area contributed by atoms with Crippen LogP contribution in [0.2, 0.25) is 0 Å². The van der Waals surface area contributed by atoms with Crippen LogP contribution in [0.5, 0.6) is 0 Å². The van der Waals surface area contributed by atoms with E-state index in [1.54, 1.807) is 7.05 Å². The van der Waals surface area contributed by atoms with Gasteiger partial charge in [-0.15, -0.1) is 0 Å². The topological polar surface area (TPSA) is 29.1 Å². The van der Waals surface area contributed by atoms with E-state index in [0.717, 1.165) is 12.2 Å². The summed E-state index contributed by atoms with van der Waals surface area (Å²) in [6.45, 7) is 2.28. The smallest absolute Gasteiger partial charge is 0.0912 e. The second-order valence-electron chi connectivity index (χ2n) is 6.20. The highest BCUT2D eigenvalue weighted by Crippen LogP contribution is 2.13. The fourth-order valence-corrected chi connectivity index (χ4v) is 3.38. The average Bonchev–Trinajstić information content (AvgIpc) is 2.50. The van der Waals surface area contributed by atoms with E-state index >= 15 is 0 Å². The van der Waals surface area contributed by atoms with Crippen molar-refractivity contribution >= 4 is 11.0 Å². The molecule has 0 aromatic carbocycles. The average molecular weight is 318 g/mol. The molecule has 0 amide bonds. The molecule has 0 fully saturated rings. The van der Waals surface area contributed by atoms with E-state index in [1.807, 2.05) is 0 Å². The summed E-state index contributed by atoms with van der Waals surface area (Å²) in [6, 6.07) is 0. The van der Waals surface area contributed by atoms with Crippen LogP contribution in [-0.2, 0) is 11.0 Å². The molecule has 1 N–H and O–H groups in total.